The summed E-state index contributed by atoms with van der Waals surface area (Å²) >= 11 is 0. The lowest BCUT2D eigenvalue weighted by Gasteiger charge is -2.44. The molecule has 1 aromatic heterocycles. The van der Waals surface area contributed by atoms with Crippen LogP contribution >= 0.6 is 0 Å². The van der Waals surface area contributed by atoms with Gasteiger partial charge in [0.1, 0.15) is 0 Å². The maximum atomic E-state index is 6.41. The molecule has 0 radical (unpaired) electrons. The molecule has 0 aliphatic carbocycles. The molecule has 1 aliphatic rings. The fourth-order valence-electron chi connectivity index (χ4n) is 3.31. The summed E-state index contributed by atoms with van der Waals surface area (Å²) in [5.74, 6) is 0.835. The number of hydrogen-bond acceptors (Lipinski definition) is 3. The highest BCUT2D eigenvalue weighted by Crippen LogP contribution is 2.32. The van der Waals surface area contributed by atoms with Crippen LogP contribution in [0.2, 0.25) is 0 Å². The van der Waals surface area contributed by atoms with E-state index in [9.17, 15) is 0 Å². The molecular formula is C16H27N3. The Morgan fingerprint density at radius 1 is 1.37 bits per heavy atom. The fourth-order valence-corrected chi connectivity index (χ4v) is 3.31. The highest BCUT2D eigenvalue weighted by atomic mass is 15.2. The second kappa shape index (κ2) is 6.49. The van der Waals surface area contributed by atoms with Crippen LogP contribution in [0.4, 0.5) is 0 Å². The molecule has 19 heavy (non-hydrogen) atoms. The largest absolute Gasteiger partial charge is 0.326 e. The molecule has 0 bridgehead atoms. The number of hydrogen-bond donors (Lipinski definition) is 1. The minimum atomic E-state index is 0.193. The molecule has 0 spiro atoms. The molecule has 2 N–H and O–H groups in total. The monoisotopic (exact) mass is 261 g/mol. The van der Waals surface area contributed by atoms with Crippen molar-refractivity contribution in [3.8, 4) is 0 Å². The minimum Gasteiger partial charge on any atom is -0.326 e. The van der Waals surface area contributed by atoms with Gasteiger partial charge in [-0.1, -0.05) is 13.8 Å². The molecule has 3 heteroatoms. The zero-order valence-corrected chi connectivity index (χ0v) is 12.4. The standard InChI is InChI=1S/C16H27N3/c1-4-15(17)16(14-5-8-18-9-6-14)19-10-7-12(2)11-13(19)3/h5-6,8-9,12-13,15-16H,4,7,10-11,17H2,1-3H3. The molecule has 0 amide bonds. The van der Waals surface area contributed by atoms with E-state index < -0.39 is 0 Å². The Morgan fingerprint density at radius 3 is 2.63 bits per heavy atom. The van der Waals surface area contributed by atoms with Crippen molar-refractivity contribution in [1.82, 2.24) is 9.88 Å². The number of aromatic nitrogens is 1. The van der Waals surface area contributed by atoms with Crippen LogP contribution in [0.25, 0.3) is 0 Å². The van der Waals surface area contributed by atoms with Gasteiger partial charge in [0.15, 0.2) is 0 Å². The maximum absolute atomic E-state index is 6.41. The van der Waals surface area contributed by atoms with Crippen LogP contribution in [0.15, 0.2) is 24.5 Å². The van der Waals surface area contributed by atoms with E-state index in [-0.39, 0.29) is 6.04 Å². The number of nitrogens with two attached hydrogens (primary N) is 1. The van der Waals surface area contributed by atoms with E-state index >= 15 is 0 Å². The lowest BCUT2D eigenvalue weighted by molar-refractivity contribution is 0.0672. The maximum Gasteiger partial charge on any atom is 0.0503 e. The Labute approximate surface area is 117 Å². The van der Waals surface area contributed by atoms with Crippen LogP contribution in [-0.4, -0.2) is 28.5 Å². The van der Waals surface area contributed by atoms with E-state index in [1.54, 1.807) is 0 Å². The number of rotatable bonds is 4. The lowest BCUT2D eigenvalue weighted by Crippen LogP contribution is -2.48. The molecule has 1 aromatic rings. The van der Waals surface area contributed by atoms with Crippen LogP contribution in [0.3, 0.4) is 0 Å². The average molecular weight is 261 g/mol. The first kappa shape index (κ1) is 14.5. The van der Waals surface area contributed by atoms with Crippen LogP contribution < -0.4 is 5.73 Å². The van der Waals surface area contributed by atoms with Gasteiger partial charge in [0, 0.05) is 24.5 Å². The lowest BCUT2D eigenvalue weighted by atomic mass is 9.88. The average Bonchev–Trinajstić information content (AvgIpc) is 2.42. The zero-order valence-electron chi connectivity index (χ0n) is 12.4. The fraction of sp³-hybridized carbons (Fsp3) is 0.688. The Balaban J connectivity index is 2.23. The predicted octanol–water partition coefficient (Wildman–Crippen LogP) is 2.98. The van der Waals surface area contributed by atoms with E-state index in [1.807, 2.05) is 12.4 Å². The van der Waals surface area contributed by atoms with Gasteiger partial charge >= 0.3 is 0 Å². The van der Waals surface area contributed by atoms with Crippen molar-refractivity contribution in [3.63, 3.8) is 0 Å². The Morgan fingerprint density at radius 2 is 2.05 bits per heavy atom. The zero-order chi connectivity index (χ0) is 13.8. The van der Waals surface area contributed by atoms with Gasteiger partial charge in [0.05, 0.1) is 6.04 Å². The van der Waals surface area contributed by atoms with E-state index in [1.165, 1.54) is 18.4 Å². The van der Waals surface area contributed by atoms with Crippen molar-refractivity contribution in [1.29, 1.82) is 0 Å². The first-order valence-electron chi connectivity index (χ1n) is 7.54. The van der Waals surface area contributed by atoms with Gasteiger partial charge in [-0.25, -0.2) is 0 Å². The number of pyridine rings is 1. The van der Waals surface area contributed by atoms with E-state index in [2.05, 4.69) is 42.8 Å². The molecule has 106 valence electrons. The van der Waals surface area contributed by atoms with Gasteiger partial charge in [-0.2, -0.15) is 0 Å². The highest BCUT2D eigenvalue weighted by Gasteiger charge is 2.32. The van der Waals surface area contributed by atoms with Gasteiger partial charge in [-0.05, 0) is 56.3 Å². The summed E-state index contributed by atoms with van der Waals surface area (Å²) in [6.07, 6.45) is 7.32. The Kier molecular flexibility index (Phi) is 4.94. The molecule has 1 fully saturated rings. The van der Waals surface area contributed by atoms with Crippen LogP contribution in [-0.2, 0) is 0 Å². The van der Waals surface area contributed by atoms with E-state index in [0.29, 0.717) is 12.1 Å². The molecule has 1 aliphatic heterocycles. The van der Waals surface area contributed by atoms with Crippen molar-refractivity contribution in [2.45, 2.75) is 58.2 Å². The first-order valence-corrected chi connectivity index (χ1v) is 7.54. The summed E-state index contributed by atoms with van der Waals surface area (Å²) in [6, 6.07) is 5.36. The van der Waals surface area contributed by atoms with E-state index in [4.69, 9.17) is 5.73 Å². The topological polar surface area (TPSA) is 42.1 Å². The van der Waals surface area contributed by atoms with Crippen molar-refractivity contribution >= 4 is 0 Å². The predicted molar refractivity (Wildman–Crippen MR) is 79.8 cm³/mol. The summed E-state index contributed by atoms with van der Waals surface area (Å²) in [4.78, 5) is 6.73. The number of nitrogens with zero attached hydrogens (tertiary/aromatic N) is 2. The van der Waals surface area contributed by atoms with E-state index in [0.717, 1.165) is 18.9 Å². The smallest absolute Gasteiger partial charge is 0.0503 e. The second-order valence-electron chi connectivity index (χ2n) is 6.01. The van der Waals surface area contributed by atoms with Gasteiger partial charge in [-0.15, -0.1) is 0 Å². The summed E-state index contributed by atoms with van der Waals surface area (Å²) in [5, 5.41) is 0. The van der Waals surface area contributed by atoms with Gasteiger partial charge in [-0.3, -0.25) is 9.88 Å². The molecule has 4 atom stereocenters. The van der Waals surface area contributed by atoms with Crippen molar-refractivity contribution in [2.75, 3.05) is 6.54 Å². The summed E-state index contributed by atoms with van der Waals surface area (Å²) in [5.41, 5.74) is 7.73. The van der Waals surface area contributed by atoms with Gasteiger partial charge in [0.2, 0.25) is 0 Å². The third-order valence-corrected chi connectivity index (χ3v) is 4.47. The molecular weight excluding hydrogens is 234 g/mol. The third kappa shape index (κ3) is 3.34. The highest BCUT2D eigenvalue weighted by molar-refractivity contribution is 5.18. The van der Waals surface area contributed by atoms with Crippen molar-refractivity contribution in [2.24, 2.45) is 11.7 Å². The van der Waals surface area contributed by atoms with Crippen molar-refractivity contribution in [3.05, 3.63) is 30.1 Å². The SMILES string of the molecule is CCC(N)C(c1ccncc1)N1CCC(C)CC1C. The molecule has 0 aromatic carbocycles. The number of piperidine rings is 1. The van der Waals surface area contributed by atoms with Crippen LogP contribution in [0.1, 0.15) is 51.6 Å². The molecule has 2 rings (SSSR count). The molecule has 1 saturated heterocycles. The third-order valence-electron chi connectivity index (χ3n) is 4.47. The second-order valence-corrected chi connectivity index (χ2v) is 6.01. The van der Waals surface area contributed by atoms with Crippen LogP contribution in [0, 0.1) is 5.92 Å². The minimum absolute atomic E-state index is 0.193. The molecule has 3 nitrogen and oxygen atoms in total. The van der Waals surface area contributed by atoms with Gasteiger partial charge in [0.25, 0.3) is 0 Å². The van der Waals surface area contributed by atoms with Crippen LogP contribution in [0.5, 0.6) is 0 Å². The number of likely N-dealkylation sites (tertiary alicyclic amines) is 1. The molecule has 0 saturated carbocycles. The summed E-state index contributed by atoms with van der Waals surface area (Å²) in [6.45, 7) is 8.03. The summed E-state index contributed by atoms with van der Waals surface area (Å²) in [7, 11) is 0. The normalized spacial score (nSPS) is 28.0. The molecule has 2 heterocycles. The Hall–Kier alpha value is -0.930. The first-order chi connectivity index (χ1) is 9.13. The van der Waals surface area contributed by atoms with Gasteiger partial charge < -0.3 is 5.73 Å². The van der Waals surface area contributed by atoms with Crippen molar-refractivity contribution < 1.29 is 0 Å². The Bertz CT molecular complexity index is 379. The molecule has 4 unspecified atom stereocenters. The quantitative estimate of drug-likeness (QED) is 0.906. The summed E-state index contributed by atoms with van der Waals surface area (Å²) < 4.78 is 0.